The van der Waals surface area contributed by atoms with E-state index in [1.165, 1.54) is 89.9 Å². The number of alkyl carbamates (subject to hydrolysis) is 2. The third kappa shape index (κ3) is 28.3. The Kier molecular flexibility index (Phi) is 30.1. The van der Waals surface area contributed by atoms with Crippen LogP contribution in [0.5, 0.6) is 0 Å². The first-order valence-electron chi connectivity index (χ1n) is 19.8. The zero-order valence-corrected chi connectivity index (χ0v) is 30.3. The first kappa shape index (κ1) is 42.0. The molecule has 6 heteroatoms. The summed E-state index contributed by atoms with van der Waals surface area (Å²) in [6.07, 6.45) is 40.3. The molecule has 1 aliphatic carbocycles. The highest BCUT2D eigenvalue weighted by Gasteiger charge is 2.23. The van der Waals surface area contributed by atoms with Gasteiger partial charge in [0.15, 0.2) is 0 Å². The largest absolute Gasteiger partial charge is 0.450 e. The molecule has 2 atom stereocenters. The van der Waals surface area contributed by atoms with Gasteiger partial charge in [-0.15, -0.1) is 0 Å². The van der Waals surface area contributed by atoms with Crippen LogP contribution >= 0.6 is 0 Å². The third-order valence-corrected chi connectivity index (χ3v) is 9.24. The van der Waals surface area contributed by atoms with E-state index in [0.29, 0.717) is 38.1 Å². The van der Waals surface area contributed by atoms with Crippen molar-refractivity contribution < 1.29 is 19.1 Å². The molecule has 1 saturated carbocycles. The Morgan fingerprint density at radius 1 is 0.522 bits per heavy atom. The molecule has 1 fully saturated rings. The average molecular weight is 647 g/mol. The SMILES string of the molecule is CCCCCCCCC=CCCCCCOC(=O)NCC1CCCC(CNC(=O)OCCCCCC=CCCCCCCCC)C1. The number of nitrogens with one attached hydrogen (secondary N) is 2. The molecular formula is C40H74N2O4. The second-order valence-electron chi connectivity index (χ2n) is 13.7. The molecule has 0 spiro atoms. The van der Waals surface area contributed by atoms with Gasteiger partial charge in [-0.2, -0.15) is 0 Å². The molecule has 0 aromatic heterocycles. The second kappa shape index (κ2) is 32.9. The van der Waals surface area contributed by atoms with Crippen molar-refractivity contribution in [1.82, 2.24) is 10.6 Å². The Morgan fingerprint density at radius 2 is 0.870 bits per heavy atom. The van der Waals surface area contributed by atoms with Crippen LogP contribution in [0.2, 0.25) is 0 Å². The standard InChI is InChI=1S/C40H74N2O4/c1-3-5-7-9-11-13-15-17-19-21-23-25-27-32-45-39(43)41-35-37-30-29-31-38(34-37)36-42-40(44)46-33-28-26-24-22-20-18-16-14-12-10-8-6-4-2/h17-20,37-38H,3-16,21-36H2,1-2H3,(H,41,43)(H,42,44). The molecule has 0 aliphatic heterocycles. The topological polar surface area (TPSA) is 76.7 Å². The molecule has 0 radical (unpaired) electrons. The van der Waals surface area contributed by atoms with Crippen molar-refractivity contribution in [3.63, 3.8) is 0 Å². The summed E-state index contributed by atoms with van der Waals surface area (Å²) in [5.41, 5.74) is 0. The molecule has 0 aromatic carbocycles. The van der Waals surface area contributed by atoms with E-state index in [1.807, 2.05) is 0 Å². The van der Waals surface area contributed by atoms with Crippen molar-refractivity contribution in [2.75, 3.05) is 26.3 Å². The van der Waals surface area contributed by atoms with Crippen LogP contribution in [0.25, 0.3) is 0 Å². The van der Waals surface area contributed by atoms with Crippen LogP contribution < -0.4 is 10.6 Å². The molecule has 2 unspecified atom stereocenters. The summed E-state index contributed by atoms with van der Waals surface area (Å²) < 4.78 is 10.8. The molecule has 46 heavy (non-hydrogen) atoms. The number of allylic oxidation sites excluding steroid dienone is 4. The van der Waals surface area contributed by atoms with Gasteiger partial charge in [0.25, 0.3) is 0 Å². The van der Waals surface area contributed by atoms with Crippen molar-refractivity contribution in [3.8, 4) is 0 Å². The van der Waals surface area contributed by atoms with Crippen LogP contribution in [0.1, 0.15) is 181 Å². The summed E-state index contributed by atoms with van der Waals surface area (Å²) in [7, 11) is 0. The van der Waals surface area contributed by atoms with E-state index < -0.39 is 0 Å². The maximum Gasteiger partial charge on any atom is 0.407 e. The van der Waals surface area contributed by atoms with Crippen molar-refractivity contribution in [3.05, 3.63) is 24.3 Å². The Balaban J connectivity index is 1.94. The van der Waals surface area contributed by atoms with Gasteiger partial charge in [0.1, 0.15) is 0 Å². The first-order chi connectivity index (χ1) is 22.7. The number of rotatable bonds is 30. The minimum Gasteiger partial charge on any atom is -0.450 e. The fourth-order valence-corrected chi connectivity index (χ4v) is 6.30. The van der Waals surface area contributed by atoms with Gasteiger partial charge in [-0.05, 0) is 108 Å². The van der Waals surface area contributed by atoms with Gasteiger partial charge in [-0.25, -0.2) is 9.59 Å². The Hall–Kier alpha value is -1.98. The molecule has 268 valence electrons. The van der Waals surface area contributed by atoms with Crippen molar-refractivity contribution in [2.24, 2.45) is 11.8 Å². The van der Waals surface area contributed by atoms with E-state index in [0.717, 1.165) is 77.0 Å². The molecule has 2 amide bonds. The minimum absolute atomic E-state index is 0.299. The summed E-state index contributed by atoms with van der Waals surface area (Å²) in [6.45, 7) is 6.80. The molecule has 0 bridgehead atoms. The fraction of sp³-hybridized carbons (Fsp3) is 0.850. The van der Waals surface area contributed by atoms with E-state index in [4.69, 9.17) is 9.47 Å². The molecule has 1 aliphatic rings. The van der Waals surface area contributed by atoms with Crippen LogP contribution in [0, 0.1) is 11.8 Å². The molecule has 0 aromatic rings. The van der Waals surface area contributed by atoms with Crippen LogP contribution in [0.3, 0.4) is 0 Å². The Labute approximate surface area is 284 Å². The molecular weight excluding hydrogens is 572 g/mol. The van der Waals surface area contributed by atoms with Crippen LogP contribution in [0.15, 0.2) is 24.3 Å². The lowest BCUT2D eigenvalue weighted by Gasteiger charge is -2.29. The van der Waals surface area contributed by atoms with Crippen LogP contribution in [0.4, 0.5) is 9.59 Å². The van der Waals surface area contributed by atoms with Gasteiger partial charge in [0, 0.05) is 13.1 Å². The van der Waals surface area contributed by atoms with Gasteiger partial charge >= 0.3 is 12.2 Å². The van der Waals surface area contributed by atoms with Gasteiger partial charge in [-0.1, -0.05) is 109 Å². The van der Waals surface area contributed by atoms with Crippen LogP contribution in [-0.4, -0.2) is 38.5 Å². The highest BCUT2D eigenvalue weighted by atomic mass is 16.6. The number of carbonyl (C=O) groups is 2. The van der Waals surface area contributed by atoms with Gasteiger partial charge in [-0.3, -0.25) is 0 Å². The predicted molar refractivity (Wildman–Crippen MR) is 195 cm³/mol. The lowest BCUT2D eigenvalue weighted by molar-refractivity contribution is 0.136. The zero-order valence-electron chi connectivity index (χ0n) is 30.3. The zero-order chi connectivity index (χ0) is 33.2. The summed E-state index contributed by atoms with van der Waals surface area (Å²) in [6, 6.07) is 0. The smallest absolute Gasteiger partial charge is 0.407 e. The van der Waals surface area contributed by atoms with Crippen molar-refractivity contribution in [2.45, 2.75) is 181 Å². The monoisotopic (exact) mass is 647 g/mol. The van der Waals surface area contributed by atoms with Crippen LogP contribution in [-0.2, 0) is 9.47 Å². The van der Waals surface area contributed by atoms with Crippen molar-refractivity contribution >= 4 is 12.2 Å². The molecule has 0 heterocycles. The molecule has 2 N–H and O–H groups in total. The quantitative estimate of drug-likeness (QED) is 0.0601. The normalized spacial score (nSPS) is 16.7. The summed E-state index contributed by atoms with van der Waals surface area (Å²) in [5.74, 6) is 0.874. The lowest BCUT2D eigenvalue weighted by atomic mass is 9.81. The molecule has 1 rings (SSSR count). The van der Waals surface area contributed by atoms with E-state index >= 15 is 0 Å². The number of amides is 2. The van der Waals surface area contributed by atoms with E-state index in [-0.39, 0.29) is 12.2 Å². The summed E-state index contributed by atoms with van der Waals surface area (Å²) in [5, 5.41) is 5.93. The van der Waals surface area contributed by atoms with Gasteiger partial charge in [0.2, 0.25) is 0 Å². The van der Waals surface area contributed by atoms with Gasteiger partial charge < -0.3 is 20.1 Å². The predicted octanol–water partition coefficient (Wildman–Crippen LogP) is 12.0. The van der Waals surface area contributed by atoms with Crippen molar-refractivity contribution in [1.29, 1.82) is 0 Å². The highest BCUT2D eigenvalue weighted by molar-refractivity contribution is 5.67. The third-order valence-electron chi connectivity index (χ3n) is 9.24. The maximum absolute atomic E-state index is 12.2. The second-order valence-corrected chi connectivity index (χ2v) is 13.7. The molecule has 6 nitrogen and oxygen atoms in total. The molecule has 0 saturated heterocycles. The first-order valence-corrected chi connectivity index (χ1v) is 19.8. The minimum atomic E-state index is -0.299. The Morgan fingerprint density at radius 3 is 1.26 bits per heavy atom. The van der Waals surface area contributed by atoms with E-state index in [1.54, 1.807) is 0 Å². The summed E-state index contributed by atoms with van der Waals surface area (Å²) in [4.78, 5) is 24.3. The number of ether oxygens (including phenoxy) is 2. The van der Waals surface area contributed by atoms with Gasteiger partial charge in [0.05, 0.1) is 13.2 Å². The fourth-order valence-electron chi connectivity index (χ4n) is 6.30. The van der Waals surface area contributed by atoms with E-state index in [9.17, 15) is 9.59 Å². The highest BCUT2D eigenvalue weighted by Crippen LogP contribution is 2.28. The average Bonchev–Trinajstić information content (AvgIpc) is 3.07. The maximum atomic E-state index is 12.2. The van der Waals surface area contributed by atoms with E-state index in [2.05, 4.69) is 48.8 Å². The number of carbonyl (C=O) groups excluding carboxylic acids is 2. The number of hydrogen-bond donors (Lipinski definition) is 2. The number of hydrogen-bond acceptors (Lipinski definition) is 4. The summed E-state index contributed by atoms with van der Waals surface area (Å²) >= 11 is 0. The Bertz CT molecular complexity index is 694. The lowest BCUT2D eigenvalue weighted by Crippen LogP contribution is -2.36. The number of unbranched alkanes of at least 4 members (excludes halogenated alkanes) is 18.